The minimum absolute atomic E-state index is 0.0255. The van der Waals surface area contributed by atoms with Crippen LogP contribution >= 0.6 is 0 Å². The van der Waals surface area contributed by atoms with Crippen LogP contribution in [0.1, 0.15) is 30.5 Å². The van der Waals surface area contributed by atoms with Crippen molar-refractivity contribution in [2.24, 2.45) is 0 Å². The van der Waals surface area contributed by atoms with E-state index in [1.54, 1.807) is 23.6 Å². The third-order valence-corrected chi connectivity index (χ3v) is 4.23. The Balaban J connectivity index is 1.61. The minimum Gasteiger partial charge on any atom is -0.355 e. The van der Waals surface area contributed by atoms with E-state index in [1.165, 1.54) is 6.92 Å². The van der Waals surface area contributed by atoms with Crippen LogP contribution in [0.25, 0.3) is 0 Å². The van der Waals surface area contributed by atoms with Crippen LogP contribution < -0.4 is 5.32 Å². The van der Waals surface area contributed by atoms with Crippen molar-refractivity contribution >= 4 is 11.8 Å². The number of carbonyl (C=O) groups excluding carboxylic acids is 2. The molecular weight excluding hydrogens is 306 g/mol. The maximum absolute atomic E-state index is 12.6. The van der Waals surface area contributed by atoms with Crippen molar-refractivity contribution in [2.45, 2.75) is 32.4 Å². The van der Waals surface area contributed by atoms with Gasteiger partial charge in [-0.15, -0.1) is 0 Å². The highest BCUT2D eigenvalue weighted by Gasteiger charge is 2.32. The summed E-state index contributed by atoms with van der Waals surface area (Å²) in [4.78, 5) is 34.4. The molecule has 126 valence electrons. The molecule has 1 aliphatic heterocycles. The molecule has 0 spiro atoms. The number of nitrogens with one attached hydrogen (secondary N) is 1. The molecule has 7 nitrogen and oxygen atoms in total. The average Bonchev–Trinajstić information content (AvgIpc) is 3.11. The number of hydrogen-bond acceptors (Lipinski definition) is 4. The molecule has 2 amide bonds. The molecule has 1 atom stereocenters. The predicted octanol–water partition coefficient (Wildman–Crippen LogP) is 0.930. The molecule has 7 heteroatoms. The van der Waals surface area contributed by atoms with Gasteiger partial charge in [0.2, 0.25) is 11.8 Å². The van der Waals surface area contributed by atoms with Gasteiger partial charge in [-0.3, -0.25) is 14.6 Å². The Kier molecular flexibility index (Phi) is 4.88. The maximum atomic E-state index is 12.6. The van der Waals surface area contributed by atoms with Gasteiger partial charge in [-0.1, -0.05) is 6.07 Å². The van der Waals surface area contributed by atoms with Crippen molar-refractivity contribution < 1.29 is 9.59 Å². The van der Waals surface area contributed by atoms with Crippen molar-refractivity contribution in [3.8, 4) is 0 Å². The zero-order valence-electron chi connectivity index (χ0n) is 13.7. The maximum Gasteiger partial charge on any atom is 0.230 e. The molecule has 2 aromatic heterocycles. The lowest BCUT2D eigenvalue weighted by Gasteiger charge is -2.32. The second kappa shape index (κ2) is 7.25. The molecule has 1 aliphatic rings. The molecule has 0 saturated carbocycles. The normalized spacial score (nSPS) is 16.5. The highest BCUT2D eigenvalue weighted by Crippen LogP contribution is 2.26. The fraction of sp³-hybridized carbons (Fsp3) is 0.412. The number of imidazole rings is 1. The van der Waals surface area contributed by atoms with Gasteiger partial charge in [0.05, 0.1) is 17.9 Å². The van der Waals surface area contributed by atoms with Gasteiger partial charge in [0.15, 0.2) is 0 Å². The Morgan fingerprint density at radius 2 is 2.25 bits per heavy atom. The van der Waals surface area contributed by atoms with Gasteiger partial charge in [-0.05, 0) is 18.1 Å². The number of hydrogen-bond donors (Lipinski definition) is 1. The van der Waals surface area contributed by atoms with Gasteiger partial charge in [0, 0.05) is 51.7 Å². The predicted molar refractivity (Wildman–Crippen MR) is 87.9 cm³/mol. The molecule has 2 aromatic rings. The van der Waals surface area contributed by atoms with E-state index < -0.39 is 5.92 Å². The van der Waals surface area contributed by atoms with Crippen molar-refractivity contribution in [2.75, 3.05) is 13.1 Å². The third-order valence-electron chi connectivity index (χ3n) is 4.23. The fourth-order valence-electron chi connectivity index (χ4n) is 2.94. The van der Waals surface area contributed by atoms with Gasteiger partial charge in [-0.25, -0.2) is 4.98 Å². The van der Waals surface area contributed by atoms with E-state index in [0.717, 1.165) is 24.2 Å². The fourth-order valence-corrected chi connectivity index (χ4v) is 2.94. The summed E-state index contributed by atoms with van der Waals surface area (Å²) in [7, 11) is 0. The number of aromatic nitrogens is 3. The lowest BCUT2D eigenvalue weighted by atomic mass is 9.94. The Hall–Kier alpha value is -2.70. The van der Waals surface area contributed by atoms with Crippen LogP contribution in [0.3, 0.4) is 0 Å². The van der Waals surface area contributed by atoms with Crippen LogP contribution in [0, 0.1) is 0 Å². The molecule has 24 heavy (non-hydrogen) atoms. The van der Waals surface area contributed by atoms with Gasteiger partial charge in [0.1, 0.15) is 0 Å². The summed E-state index contributed by atoms with van der Waals surface area (Å²) in [6.07, 6.45) is 7.91. The number of fused-ring (bicyclic) bond motifs is 1. The Morgan fingerprint density at radius 3 is 3.00 bits per heavy atom. The van der Waals surface area contributed by atoms with Crippen LogP contribution in [0.15, 0.2) is 37.1 Å². The van der Waals surface area contributed by atoms with E-state index in [9.17, 15) is 9.59 Å². The van der Waals surface area contributed by atoms with Gasteiger partial charge in [0.25, 0.3) is 0 Å². The van der Waals surface area contributed by atoms with E-state index in [0.29, 0.717) is 19.6 Å². The number of nitrogens with zero attached hydrogens (tertiary/aromatic N) is 4. The highest BCUT2D eigenvalue weighted by molar-refractivity contribution is 5.85. The standard InChI is InChI=1S/C17H21N5O2/c1-13(23)22-10-14-4-2-5-19-16(14)15(11-22)17(24)20-6-3-8-21-9-7-18-12-21/h2,4-5,7,9,12,15H,3,6,8,10-11H2,1H3,(H,20,24). The Bertz CT molecular complexity index is 714. The quantitative estimate of drug-likeness (QED) is 0.829. The van der Waals surface area contributed by atoms with Crippen molar-refractivity contribution in [3.05, 3.63) is 48.3 Å². The molecule has 0 fully saturated rings. The summed E-state index contributed by atoms with van der Waals surface area (Å²) < 4.78 is 1.97. The molecule has 0 radical (unpaired) electrons. The first-order valence-corrected chi connectivity index (χ1v) is 8.08. The molecule has 3 heterocycles. The van der Waals surface area contributed by atoms with E-state index in [4.69, 9.17) is 0 Å². The Morgan fingerprint density at radius 1 is 1.38 bits per heavy atom. The minimum atomic E-state index is -0.410. The van der Waals surface area contributed by atoms with Crippen molar-refractivity contribution in [1.29, 1.82) is 0 Å². The first-order chi connectivity index (χ1) is 11.6. The summed E-state index contributed by atoms with van der Waals surface area (Å²) in [5, 5.41) is 2.96. The summed E-state index contributed by atoms with van der Waals surface area (Å²) >= 11 is 0. The third kappa shape index (κ3) is 3.61. The monoisotopic (exact) mass is 327 g/mol. The van der Waals surface area contributed by atoms with Crippen LogP contribution in [-0.2, 0) is 22.7 Å². The second-order valence-corrected chi connectivity index (χ2v) is 5.94. The van der Waals surface area contributed by atoms with Crippen LogP contribution in [0.2, 0.25) is 0 Å². The van der Waals surface area contributed by atoms with Crippen LogP contribution in [-0.4, -0.2) is 44.3 Å². The number of rotatable bonds is 5. The van der Waals surface area contributed by atoms with Crippen molar-refractivity contribution in [1.82, 2.24) is 24.8 Å². The van der Waals surface area contributed by atoms with Gasteiger partial charge in [-0.2, -0.15) is 0 Å². The summed E-state index contributed by atoms with van der Waals surface area (Å²) in [6.45, 7) is 3.81. The molecule has 3 rings (SSSR count). The average molecular weight is 327 g/mol. The number of pyridine rings is 1. The van der Waals surface area contributed by atoms with Crippen LogP contribution in [0.5, 0.6) is 0 Å². The van der Waals surface area contributed by atoms with Gasteiger partial charge < -0.3 is 14.8 Å². The lowest BCUT2D eigenvalue weighted by molar-refractivity contribution is -0.131. The molecule has 0 saturated heterocycles. The SMILES string of the molecule is CC(=O)N1Cc2cccnc2C(C(=O)NCCCn2ccnc2)C1. The Labute approximate surface area is 140 Å². The summed E-state index contributed by atoms with van der Waals surface area (Å²) in [5.41, 5.74) is 1.72. The second-order valence-electron chi connectivity index (χ2n) is 5.94. The number of carbonyl (C=O) groups is 2. The lowest BCUT2D eigenvalue weighted by Crippen LogP contribution is -2.43. The largest absolute Gasteiger partial charge is 0.355 e. The van der Waals surface area contributed by atoms with E-state index in [1.807, 2.05) is 22.9 Å². The molecule has 1 unspecified atom stereocenters. The number of aryl methyl sites for hydroxylation is 1. The van der Waals surface area contributed by atoms with Gasteiger partial charge >= 0.3 is 0 Å². The zero-order valence-corrected chi connectivity index (χ0v) is 13.7. The molecule has 1 N–H and O–H groups in total. The molecular formula is C17H21N5O2. The summed E-state index contributed by atoms with van der Waals surface area (Å²) in [6, 6.07) is 3.76. The van der Waals surface area contributed by atoms with E-state index >= 15 is 0 Å². The highest BCUT2D eigenvalue weighted by atomic mass is 16.2. The zero-order chi connectivity index (χ0) is 16.9. The topological polar surface area (TPSA) is 80.1 Å². The van der Waals surface area contributed by atoms with Crippen LogP contribution in [0.4, 0.5) is 0 Å². The molecule has 0 aliphatic carbocycles. The van der Waals surface area contributed by atoms with Crippen molar-refractivity contribution in [3.63, 3.8) is 0 Å². The first kappa shape index (κ1) is 16.2. The summed E-state index contributed by atoms with van der Waals surface area (Å²) in [5.74, 6) is -0.513. The van der Waals surface area contributed by atoms with E-state index in [-0.39, 0.29) is 11.8 Å². The molecule has 0 bridgehead atoms. The first-order valence-electron chi connectivity index (χ1n) is 8.08. The smallest absolute Gasteiger partial charge is 0.230 e. The molecule has 0 aromatic carbocycles. The number of amides is 2. The van der Waals surface area contributed by atoms with E-state index in [2.05, 4.69) is 15.3 Å².